The van der Waals surface area contributed by atoms with Crippen molar-refractivity contribution in [3.05, 3.63) is 48.0 Å². The average molecular weight is 413 g/mol. The minimum absolute atomic E-state index is 0.148. The first kappa shape index (κ1) is 21.8. The van der Waals surface area contributed by atoms with Crippen molar-refractivity contribution in [2.45, 2.75) is 18.9 Å². The smallest absolute Gasteiger partial charge is 0.319 e. The summed E-state index contributed by atoms with van der Waals surface area (Å²) in [5, 5.41) is 5.91. The fourth-order valence-corrected chi connectivity index (χ4v) is 3.75. The molecule has 30 heavy (non-hydrogen) atoms. The molecule has 3 rings (SSSR count). The van der Waals surface area contributed by atoms with E-state index in [4.69, 9.17) is 9.47 Å². The van der Waals surface area contributed by atoms with Crippen LogP contribution in [0, 0.1) is 0 Å². The van der Waals surface area contributed by atoms with Crippen molar-refractivity contribution in [1.29, 1.82) is 0 Å². The summed E-state index contributed by atoms with van der Waals surface area (Å²) in [4.78, 5) is 17.1. The number of ether oxygens (including phenoxy) is 2. The van der Waals surface area contributed by atoms with Crippen LogP contribution >= 0.6 is 0 Å². The van der Waals surface area contributed by atoms with Crippen LogP contribution < -0.4 is 25.0 Å². The Bertz CT molecular complexity index is 811. The van der Waals surface area contributed by atoms with Crippen molar-refractivity contribution >= 4 is 17.4 Å². The van der Waals surface area contributed by atoms with Crippen molar-refractivity contribution in [3.8, 4) is 11.5 Å². The maximum Gasteiger partial charge on any atom is 0.319 e. The van der Waals surface area contributed by atoms with Gasteiger partial charge in [0.25, 0.3) is 0 Å². The van der Waals surface area contributed by atoms with Gasteiger partial charge in [-0.3, -0.25) is 4.90 Å². The fourth-order valence-electron chi connectivity index (χ4n) is 3.75. The molecule has 0 aromatic heterocycles. The zero-order valence-corrected chi connectivity index (χ0v) is 18.3. The van der Waals surface area contributed by atoms with E-state index >= 15 is 0 Å². The summed E-state index contributed by atoms with van der Waals surface area (Å²) in [5.41, 5.74) is 3.00. The van der Waals surface area contributed by atoms with E-state index in [9.17, 15) is 4.79 Å². The largest absolute Gasteiger partial charge is 0.497 e. The Hall–Kier alpha value is -2.93. The van der Waals surface area contributed by atoms with Crippen molar-refractivity contribution in [1.82, 2.24) is 10.2 Å². The Morgan fingerprint density at radius 3 is 2.17 bits per heavy atom. The highest BCUT2D eigenvalue weighted by molar-refractivity contribution is 5.89. The van der Waals surface area contributed by atoms with Crippen LogP contribution in [0.5, 0.6) is 11.5 Å². The van der Waals surface area contributed by atoms with Gasteiger partial charge in [-0.25, -0.2) is 4.79 Å². The van der Waals surface area contributed by atoms with E-state index in [0.29, 0.717) is 23.7 Å². The number of methoxy groups -OCH3 is 2. The topological polar surface area (TPSA) is 66.1 Å². The lowest BCUT2D eigenvalue weighted by atomic mass is 10.0. The summed E-state index contributed by atoms with van der Waals surface area (Å²) < 4.78 is 10.5. The predicted molar refractivity (Wildman–Crippen MR) is 121 cm³/mol. The standard InChI is InChI=1S/C23H32N4O3/c1-26(2)19-9-7-17(8-10-19)22(27-11-5-6-12-27)16-24-23(28)25-18-13-20(29-3)15-21(14-18)30-4/h7-10,13-15,22H,5-6,11-12,16H2,1-4H3,(H2,24,25,28). The Labute approximate surface area is 179 Å². The van der Waals surface area contributed by atoms with Gasteiger partial charge in [0.15, 0.2) is 0 Å². The molecule has 0 saturated carbocycles. The quantitative estimate of drug-likeness (QED) is 0.692. The average Bonchev–Trinajstić information content (AvgIpc) is 3.28. The van der Waals surface area contributed by atoms with Gasteiger partial charge in [0.2, 0.25) is 0 Å². The van der Waals surface area contributed by atoms with Crippen molar-refractivity contribution in [3.63, 3.8) is 0 Å². The van der Waals surface area contributed by atoms with Crippen molar-refractivity contribution in [2.24, 2.45) is 0 Å². The third-order valence-corrected chi connectivity index (χ3v) is 5.44. The molecule has 0 aliphatic carbocycles. The summed E-state index contributed by atoms with van der Waals surface area (Å²) in [5.74, 6) is 1.25. The molecule has 1 aliphatic rings. The van der Waals surface area contributed by atoms with E-state index in [1.165, 1.54) is 18.4 Å². The summed E-state index contributed by atoms with van der Waals surface area (Å²) in [7, 11) is 7.24. The molecule has 1 aliphatic heterocycles. The van der Waals surface area contributed by atoms with Gasteiger partial charge in [0.1, 0.15) is 11.5 Å². The number of benzene rings is 2. The monoisotopic (exact) mass is 412 g/mol. The van der Waals surface area contributed by atoms with Gasteiger partial charge in [-0.05, 0) is 43.6 Å². The number of nitrogens with zero attached hydrogens (tertiary/aromatic N) is 2. The number of rotatable bonds is 8. The van der Waals surface area contributed by atoms with Gasteiger partial charge in [-0.15, -0.1) is 0 Å². The van der Waals surface area contributed by atoms with Gasteiger partial charge in [-0.2, -0.15) is 0 Å². The fraction of sp³-hybridized carbons (Fsp3) is 0.435. The molecule has 1 unspecified atom stereocenters. The zero-order chi connectivity index (χ0) is 21.5. The van der Waals surface area contributed by atoms with Crippen LogP contribution in [0.1, 0.15) is 24.4 Å². The van der Waals surface area contributed by atoms with Crippen LogP contribution in [0.2, 0.25) is 0 Å². The van der Waals surface area contributed by atoms with Crippen LogP contribution in [-0.2, 0) is 0 Å². The first-order valence-electron chi connectivity index (χ1n) is 10.3. The van der Waals surface area contributed by atoms with E-state index in [1.807, 2.05) is 14.1 Å². The zero-order valence-electron chi connectivity index (χ0n) is 18.3. The molecule has 7 heteroatoms. The van der Waals surface area contributed by atoms with Crippen LogP contribution in [-0.4, -0.2) is 58.9 Å². The molecule has 0 radical (unpaired) electrons. The molecule has 7 nitrogen and oxygen atoms in total. The summed E-state index contributed by atoms with van der Waals surface area (Å²) in [6, 6.07) is 13.8. The number of carbonyl (C=O) groups excluding carboxylic acids is 1. The molecule has 0 bridgehead atoms. The minimum atomic E-state index is -0.251. The first-order valence-corrected chi connectivity index (χ1v) is 10.3. The molecule has 1 heterocycles. The molecular weight excluding hydrogens is 380 g/mol. The number of hydrogen-bond donors (Lipinski definition) is 2. The Balaban J connectivity index is 1.67. The third kappa shape index (κ3) is 5.57. The number of likely N-dealkylation sites (tertiary alicyclic amines) is 1. The van der Waals surface area contributed by atoms with Gasteiger partial charge in [-0.1, -0.05) is 12.1 Å². The Morgan fingerprint density at radius 1 is 1.03 bits per heavy atom. The van der Waals surface area contributed by atoms with E-state index in [1.54, 1.807) is 32.4 Å². The Morgan fingerprint density at radius 2 is 1.63 bits per heavy atom. The molecule has 1 atom stereocenters. The SMILES string of the molecule is COc1cc(NC(=O)NCC(c2ccc(N(C)C)cc2)N2CCCC2)cc(OC)c1. The lowest BCUT2D eigenvalue weighted by Crippen LogP contribution is -2.38. The number of hydrogen-bond acceptors (Lipinski definition) is 5. The number of amides is 2. The molecule has 0 spiro atoms. The van der Waals surface area contributed by atoms with Crippen LogP contribution in [0.25, 0.3) is 0 Å². The molecule has 1 fully saturated rings. The van der Waals surface area contributed by atoms with Gasteiger partial charge >= 0.3 is 6.03 Å². The third-order valence-electron chi connectivity index (χ3n) is 5.44. The highest BCUT2D eigenvalue weighted by Gasteiger charge is 2.24. The second-order valence-electron chi connectivity index (χ2n) is 7.68. The van der Waals surface area contributed by atoms with E-state index < -0.39 is 0 Å². The van der Waals surface area contributed by atoms with E-state index in [-0.39, 0.29) is 12.1 Å². The summed E-state index contributed by atoms with van der Waals surface area (Å²) in [6.45, 7) is 2.64. The molecule has 2 aromatic rings. The normalized spacial score (nSPS) is 14.8. The number of nitrogens with one attached hydrogen (secondary N) is 2. The summed E-state index contributed by atoms with van der Waals surface area (Å²) >= 11 is 0. The van der Waals surface area contributed by atoms with E-state index in [0.717, 1.165) is 18.8 Å². The number of urea groups is 1. The van der Waals surface area contributed by atoms with Gasteiger partial charge < -0.3 is 25.0 Å². The van der Waals surface area contributed by atoms with Crippen LogP contribution in [0.4, 0.5) is 16.2 Å². The molecule has 162 valence electrons. The molecule has 2 amide bonds. The van der Waals surface area contributed by atoms with Gasteiger partial charge in [0, 0.05) is 50.2 Å². The first-order chi connectivity index (χ1) is 14.5. The minimum Gasteiger partial charge on any atom is -0.497 e. The molecule has 1 saturated heterocycles. The maximum absolute atomic E-state index is 12.6. The molecule has 2 aromatic carbocycles. The van der Waals surface area contributed by atoms with Crippen LogP contribution in [0.3, 0.4) is 0 Å². The molecular formula is C23H32N4O3. The van der Waals surface area contributed by atoms with Crippen LogP contribution in [0.15, 0.2) is 42.5 Å². The second kappa shape index (κ2) is 10.2. The van der Waals surface area contributed by atoms with E-state index in [2.05, 4.69) is 44.7 Å². The van der Waals surface area contributed by atoms with Crippen molar-refractivity contribution < 1.29 is 14.3 Å². The lowest BCUT2D eigenvalue weighted by molar-refractivity contribution is 0.227. The highest BCUT2D eigenvalue weighted by atomic mass is 16.5. The Kier molecular flexibility index (Phi) is 7.41. The summed E-state index contributed by atoms with van der Waals surface area (Å²) in [6.07, 6.45) is 2.39. The highest BCUT2D eigenvalue weighted by Crippen LogP contribution is 2.27. The maximum atomic E-state index is 12.6. The predicted octanol–water partition coefficient (Wildman–Crippen LogP) is 3.73. The van der Waals surface area contributed by atoms with Crippen molar-refractivity contribution in [2.75, 3.05) is 58.2 Å². The second-order valence-corrected chi connectivity index (χ2v) is 7.68. The van der Waals surface area contributed by atoms with Gasteiger partial charge in [0.05, 0.1) is 20.3 Å². The number of anilines is 2. The molecule has 2 N–H and O–H groups in total. The lowest BCUT2D eigenvalue weighted by Gasteiger charge is -2.28. The number of carbonyl (C=O) groups is 1.